The SMILES string of the molecule is COCC[C@@H]1[C@@H](C)C/C=C/[C@](CN2CCN(C3COC3)CC2)(OC)[C@@H]2CC[C@H]2CN2CCCCc3cc(Cl)ccc3COc3ccc(nc32)C(=O)NS1(=O)=O. The summed E-state index contributed by atoms with van der Waals surface area (Å²) in [5.41, 5.74) is 1.69. The van der Waals surface area contributed by atoms with Crippen LogP contribution in [-0.2, 0) is 37.3 Å². The number of hydrogen-bond donors (Lipinski definition) is 1. The number of sulfonamides is 1. The number of carbonyl (C=O) groups excluding carboxylic acids is 1. The average Bonchev–Trinajstić information content (AvgIpc) is 3.16. The molecule has 302 valence electrons. The number of aryl methyl sites for hydroxylation is 1. The Kier molecular flexibility index (Phi) is 13.1. The summed E-state index contributed by atoms with van der Waals surface area (Å²) in [5.74, 6) is 0.582. The van der Waals surface area contributed by atoms with E-state index in [1.54, 1.807) is 19.2 Å². The van der Waals surface area contributed by atoms with Gasteiger partial charge in [0.25, 0.3) is 5.91 Å². The number of nitrogens with zero attached hydrogens (tertiary/aromatic N) is 4. The lowest BCUT2D eigenvalue weighted by Gasteiger charge is -2.52. The molecule has 7 rings (SSSR count). The summed E-state index contributed by atoms with van der Waals surface area (Å²) in [6.45, 7) is 10.2. The first kappa shape index (κ1) is 40.4. The number of allylic oxidation sites excluding steroid dienone is 1. The Hall–Kier alpha value is -2.78. The van der Waals surface area contributed by atoms with Crippen LogP contribution in [0.2, 0.25) is 5.02 Å². The van der Waals surface area contributed by atoms with Crippen molar-refractivity contribution < 1.29 is 32.2 Å². The molecule has 1 saturated carbocycles. The van der Waals surface area contributed by atoms with Gasteiger partial charge in [-0.2, -0.15) is 0 Å². The van der Waals surface area contributed by atoms with Crippen molar-refractivity contribution in [3.8, 4) is 5.75 Å². The van der Waals surface area contributed by atoms with E-state index in [9.17, 15) is 13.2 Å². The molecule has 0 radical (unpaired) electrons. The van der Waals surface area contributed by atoms with Crippen molar-refractivity contribution in [1.29, 1.82) is 0 Å². The summed E-state index contributed by atoms with van der Waals surface area (Å²) in [5, 5.41) is -0.160. The summed E-state index contributed by atoms with van der Waals surface area (Å²) in [4.78, 5) is 26.0. The predicted octanol–water partition coefficient (Wildman–Crippen LogP) is 4.95. The van der Waals surface area contributed by atoms with E-state index < -0.39 is 26.8 Å². The number of halogens is 1. The number of carbonyl (C=O) groups is 1. The number of fused-ring (bicyclic) bond motifs is 3. The third kappa shape index (κ3) is 9.19. The number of amides is 1. The van der Waals surface area contributed by atoms with Gasteiger partial charge >= 0.3 is 0 Å². The second-order valence-corrected chi connectivity index (χ2v) is 18.5. The first-order chi connectivity index (χ1) is 26.6. The molecule has 2 aromatic rings. The molecule has 5 heterocycles. The second kappa shape index (κ2) is 17.8. The van der Waals surface area contributed by atoms with Gasteiger partial charge in [0.05, 0.1) is 24.5 Å². The Morgan fingerprint density at radius 1 is 1.04 bits per heavy atom. The van der Waals surface area contributed by atoms with E-state index in [1.807, 2.05) is 32.2 Å². The van der Waals surface area contributed by atoms with Gasteiger partial charge in [0.15, 0.2) is 11.6 Å². The van der Waals surface area contributed by atoms with Crippen molar-refractivity contribution >= 4 is 33.3 Å². The number of rotatable bonds is 7. The van der Waals surface area contributed by atoms with Crippen LogP contribution in [0.4, 0.5) is 5.82 Å². The van der Waals surface area contributed by atoms with Crippen LogP contribution in [-0.4, -0.2) is 126 Å². The smallest absolute Gasteiger partial charge is 0.283 e. The highest BCUT2D eigenvalue weighted by atomic mass is 35.5. The zero-order valence-electron chi connectivity index (χ0n) is 32.6. The molecular formula is C41H58ClN5O7S. The first-order valence-electron chi connectivity index (χ1n) is 20.1. The second-order valence-electron chi connectivity index (χ2n) is 16.1. The number of benzene rings is 1. The van der Waals surface area contributed by atoms with E-state index >= 15 is 0 Å². The van der Waals surface area contributed by atoms with E-state index in [-0.39, 0.29) is 30.6 Å². The summed E-state index contributed by atoms with van der Waals surface area (Å²) >= 11 is 6.41. The van der Waals surface area contributed by atoms with Gasteiger partial charge in [-0.25, -0.2) is 18.1 Å². The van der Waals surface area contributed by atoms with Gasteiger partial charge in [-0.15, -0.1) is 0 Å². The monoisotopic (exact) mass is 799 g/mol. The Morgan fingerprint density at radius 3 is 2.56 bits per heavy atom. The molecule has 1 amide bonds. The lowest BCUT2D eigenvalue weighted by atomic mass is 9.63. The van der Waals surface area contributed by atoms with Gasteiger partial charge in [0, 0.05) is 71.7 Å². The van der Waals surface area contributed by atoms with E-state index in [1.165, 1.54) is 0 Å². The fourth-order valence-electron chi connectivity index (χ4n) is 9.16. The van der Waals surface area contributed by atoms with Crippen LogP contribution in [0.25, 0.3) is 0 Å². The van der Waals surface area contributed by atoms with E-state index in [2.05, 4.69) is 31.6 Å². The minimum absolute atomic E-state index is 0.0344. The van der Waals surface area contributed by atoms with Crippen LogP contribution in [0.3, 0.4) is 0 Å². The maximum atomic E-state index is 14.0. The topological polar surface area (TPSA) is 123 Å². The standard InChI is InChI=1S/C41H58ClN5O7S/c1-29-7-6-16-41(52-3,28-45-18-20-46(21-19-45)34-26-53-27-34)35-12-10-31(35)24-47-17-5-4-8-30-23-33(42)11-9-32(30)25-54-37-14-13-36(43-39(37)47)40(48)44-55(49,50)38(29)15-22-51-2/h6,9,11,13-14,16,23,29,31,34-35,38H,4-5,7-8,10,12,15,17-22,24-28H2,1-3H3,(H,44,48)/b16-6+/t29-,31-,35+,38+,41+/m0/s1. The molecule has 2 saturated heterocycles. The van der Waals surface area contributed by atoms with Crippen molar-refractivity contribution in [2.24, 2.45) is 17.8 Å². The minimum atomic E-state index is -4.11. The molecule has 1 aromatic heterocycles. The van der Waals surface area contributed by atoms with Crippen molar-refractivity contribution in [3.05, 3.63) is 64.3 Å². The quantitative estimate of drug-likeness (QED) is 0.384. The van der Waals surface area contributed by atoms with Gasteiger partial charge in [0.1, 0.15) is 17.9 Å². The Morgan fingerprint density at radius 2 is 1.85 bits per heavy atom. The Bertz CT molecular complexity index is 1790. The van der Waals surface area contributed by atoms with Crippen molar-refractivity contribution in [3.63, 3.8) is 0 Å². The molecular weight excluding hydrogens is 742 g/mol. The number of aromatic nitrogens is 1. The van der Waals surface area contributed by atoms with Crippen LogP contribution in [0.5, 0.6) is 5.75 Å². The molecule has 55 heavy (non-hydrogen) atoms. The highest BCUT2D eigenvalue weighted by Crippen LogP contribution is 2.46. The molecule has 1 aromatic carbocycles. The Balaban J connectivity index is 1.25. The zero-order chi connectivity index (χ0) is 38.6. The molecule has 1 N–H and O–H groups in total. The number of nitrogens with one attached hydrogen (secondary N) is 1. The summed E-state index contributed by atoms with van der Waals surface area (Å²) in [6.07, 6.45) is 9.88. The van der Waals surface area contributed by atoms with E-state index in [0.29, 0.717) is 54.7 Å². The van der Waals surface area contributed by atoms with Crippen LogP contribution >= 0.6 is 11.6 Å². The summed E-state index contributed by atoms with van der Waals surface area (Å²) in [7, 11) is -0.717. The highest BCUT2D eigenvalue weighted by molar-refractivity contribution is 7.90. The third-order valence-corrected chi connectivity index (χ3v) is 14.9. The number of anilines is 1. The fourth-order valence-corrected chi connectivity index (χ4v) is 11.0. The highest BCUT2D eigenvalue weighted by Gasteiger charge is 2.48. The van der Waals surface area contributed by atoms with Gasteiger partial charge in [-0.05, 0) is 98.1 Å². The minimum Gasteiger partial charge on any atom is -0.485 e. The lowest BCUT2D eigenvalue weighted by molar-refractivity contribution is -0.107. The number of pyridine rings is 1. The maximum absolute atomic E-state index is 14.0. The largest absolute Gasteiger partial charge is 0.485 e. The van der Waals surface area contributed by atoms with Crippen molar-refractivity contribution in [2.45, 2.75) is 75.4 Å². The molecule has 4 aliphatic heterocycles. The van der Waals surface area contributed by atoms with Crippen molar-refractivity contribution in [1.82, 2.24) is 19.5 Å². The predicted molar refractivity (Wildman–Crippen MR) is 213 cm³/mol. The third-order valence-electron chi connectivity index (χ3n) is 12.7. The van der Waals surface area contributed by atoms with Crippen molar-refractivity contribution in [2.75, 3.05) is 84.8 Å². The lowest BCUT2D eigenvalue weighted by Crippen LogP contribution is -2.61. The molecule has 5 atom stereocenters. The number of methoxy groups -OCH3 is 2. The molecule has 2 bridgehead atoms. The molecule has 0 spiro atoms. The molecule has 1 aliphatic carbocycles. The number of ether oxygens (including phenoxy) is 4. The van der Waals surface area contributed by atoms with Crippen LogP contribution in [0.1, 0.15) is 67.1 Å². The number of piperazine rings is 1. The fraction of sp³-hybridized carbons (Fsp3) is 0.659. The maximum Gasteiger partial charge on any atom is 0.283 e. The van der Waals surface area contributed by atoms with Crippen LogP contribution in [0.15, 0.2) is 42.5 Å². The van der Waals surface area contributed by atoms with Gasteiger partial charge in [-0.1, -0.05) is 36.7 Å². The van der Waals surface area contributed by atoms with Crippen LogP contribution in [0, 0.1) is 17.8 Å². The average molecular weight is 800 g/mol. The molecule has 14 heteroatoms. The first-order valence-corrected chi connectivity index (χ1v) is 22.0. The molecule has 3 fully saturated rings. The molecule has 0 unspecified atom stereocenters. The van der Waals surface area contributed by atoms with Gasteiger partial charge in [0.2, 0.25) is 10.0 Å². The van der Waals surface area contributed by atoms with E-state index in [0.717, 1.165) is 89.2 Å². The molecule has 12 nitrogen and oxygen atoms in total. The number of hydrogen-bond acceptors (Lipinski definition) is 11. The van der Waals surface area contributed by atoms with Crippen LogP contribution < -0.4 is 14.4 Å². The van der Waals surface area contributed by atoms with Gasteiger partial charge in [-0.3, -0.25) is 14.6 Å². The summed E-state index contributed by atoms with van der Waals surface area (Å²) in [6, 6.07) is 9.76. The zero-order valence-corrected chi connectivity index (χ0v) is 34.2. The summed E-state index contributed by atoms with van der Waals surface area (Å²) < 4.78 is 54.4. The normalized spacial score (nSPS) is 30.3. The van der Waals surface area contributed by atoms with Gasteiger partial charge < -0.3 is 23.8 Å². The Labute approximate surface area is 331 Å². The van der Waals surface area contributed by atoms with E-state index in [4.69, 9.17) is 35.5 Å². The molecule has 5 aliphatic rings.